The highest BCUT2D eigenvalue weighted by atomic mass is 19.4. The highest BCUT2D eigenvalue weighted by molar-refractivity contribution is 5.94. The van der Waals surface area contributed by atoms with E-state index in [-0.39, 0.29) is 19.6 Å². The van der Waals surface area contributed by atoms with Crippen molar-refractivity contribution in [3.8, 4) is 0 Å². The Morgan fingerprint density at radius 1 is 1.33 bits per heavy atom. The fourth-order valence-corrected chi connectivity index (χ4v) is 1.74. The van der Waals surface area contributed by atoms with Crippen molar-refractivity contribution in [1.82, 2.24) is 9.80 Å². The average molecular weight is 266 g/mol. The first-order chi connectivity index (χ1) is 8.14. The summed E-state index contributed by atoms with van der Waals surface area (Å²) in [5.74, 6) is -1.20. The number of carbonyl (C=O) groups is 2. The van der Waals surface area contributed by atoms with Crippen LogP contribution in [0.2, 0.25) is 0 Å². The van der Waals surface area contributed by atoms with Crippen LogP contribution in [-0.2, 0) is 4.79 Å². The summed E-state index contributed by atoms with van der Waals surface area (Å²) in [6.07, 6.45) is -5.91. The lowest BCUT2D eigenvalue weighted by Gasteiger charge is -2.38. The molecule has 1 N–H and O–H groups in total. The molecular weight excluding hydrogens is 253 g/mol. The van der Waals surface area contributed by atoms with Crippen LogP contribution in [0.4, 0.5) is 18.0 Å². The Balaban J connectivity index is 2.70. The Morgan fingerprint density at radius 2 is 1.89 bits per heavy atom. The summed E-state index contributed by atoms with van der Waals surface area (Å²) in [7, 11) is 0. The van der Waals surface area contributed by atoms with Crippen molar-refractivity contribution >= 4 is 12.0 Å². The van der Waals surface area contributed by atoms with Gasteiger partial charge in [0.1, 0.15) is 5.57 Å². The summed E-state index contributed by atoms with van der Waals surface area (Å²) < 4.78 is 36.9. The smallest absolute Gasteiger partial charge is 0.421 e. The fraction of sp³-hybridized carbons (Fsp3) is 0.600. The number of hydrogen-bond donors (Lipinski definition) is 1. The van der Waals surface area contributed by atoms with E-state index in [4.69, 9.17) is 5.11 Å². The number of amides is 2. The minimum Gasteiger partial charge on any atom is -0.465 e. The van der Waals surface area contributed by atoms with Gasteiger partial charge in [0.2, 0.25) is 0 Å². The summed E-state index contributed by atoms with van der Waals surface area (Å²) in [4.78, 5) is 24.3. The lowest BCUT2D eigenvalue weighted by molar-refractivity contribution is -0.141. The van der Waals surface area contributed by atoms with Crippen LogP contribution in [0.15, 0.2) is 12.2 Å². The van der Waals surface area contributed by atoms with Crippen LogP contribution in [0.5, 0.6) is 0 Å². The van der Waals surface area contributed by atoms with Crippen LogP contribution in [0.3, 0.4) is 0 Å². The van der Waals surface area contributed by atoms with Crippen molar-refractivity contribution in [3.05, 3.63) is 12.2 Å². The van der Waals surface area contributed by atoms with Crippen LogP contribution in [0.1, 0.15) is 6.92 Å². The minimum atomic E-state index is -4.76. The molecule has 1 fully saturated rings. The molecule has 0 aliphatic carbocycles. The topological polar surface area (TPSA) is 60.9 Å². The second-order valence-electron chi connectivity index (χ2n) is 4.05. The van der Waals surface area contributed by atoms with Gasteiger partial charge >= 0.3 is 12.3 Å². The largest absolute Gasteiger partial charge is 0.465 e. The maximum atomic E-state index is 12.3. The molecule has 0 unspecified atom stereocenters. The molecule has 18 heavy (non-hydrogen) atoms. The molecule has 1 aliphatic rings. The molecule has 1 rings (SSSR count). The molecule has 1 atom stereocenters. The van der Waals surface area contributed by atoms with E-state index in [0.29, 0.717) is 0 Å². The maximum Gasteiger partial charge on any atom is 0.421 e. The second kappa shape index (κ2) is 4.87. The van der Waals surface area contributed by atoms with Crippen LogP contribution in [0, 0.1) is 0 Å². The van der Waals surface area contributed by atoms with Crippen molar-refractivity contribution in [2.75, 3.05) is 19.6 Å². The van der Waals surface area contributed by atoms with Gasteiger partial charge in [0.05, 0.1) is 0 Å². The number of hydrogen-bond acceptors (Lipinski definition) is 2. The third-order valence-electron chi connectivity index (χ3n) is 2.76. The van der Waals surface area contributed by atoms with Crippen molar-refractivity contribution in [3.63, 3.8) is 0 Å². The zero-order valence-electron chi connectivity index (χ0n) is 9.70. The van der Waals surface area contributed by atoms with Crippen LogP contribution < -0.4 is 0 Å². The standard InChI is InChI=1S/C10H13F3N2O3/c1-6-5-14(3-4-15(6)9(17)18)8(16)7(2)10(11,12)13/h6H,2-5H2,1H3,(H,17,18)/t6-/m1/s1. The highest BCUT2D eigenvalue weighted by Crippen LogP contribution is 2.26. The molecule has 2 amide bonds. The van der Waals surface area contributed by atoms with Gasteiger partial charge in [0.25, 0.3) is 5.91 Å². The monoisotopic (exact) mass is 266 g/mol. The molecule has 0 aromatic carbocycles. The quantitative estimate of drug-likeness (QED) is 0.728. The minimum absolute atomic E-state index is 0.00657. The zero-order chi connectivity index (χ0) is 14.1. The van der Waals surface area contributed by atoms with E-state index in [1.807, 2.05) is 0 Å². The fourth-order valence-electron chi connectivity index (χ4n) is 1.74. The van der Waals surface area contributed by atoms with Crippen molar-refractivity contribution < 1.29 is 27.9 Å². The van der Waals surface area contributed by atoms with Gasteiger partial charge in [-0.3, -0.25) is 4.79 Å². The molecule has 0 spiro atoms. The van der Waals surface area contributed by atoms with Crippen LogP contribution in [0.25, 0.3) is 0 Å². The first-order valence-corrected chi connectivity index (χ1v) is 5.19. The second-order valence-corrected chi connectivity index (χ2v) is 4.05. The average Bonchev–Trinajstić information content (AvgIpc) is 2.25. The van der Waals surface area contributed by atoms with Crippen molar-refractivity contribution in [1.29, 1.82) is 0 Å². The third-order valence-corrected chi connectivity index (χ3v) is 2.76. The first-order valence-electron chi connectivity index (χ1n) is 5.19. The number of rotatable bonds is 1. The van der Waals surface area contributed by atoms with Gasteiger partial charge in [-0.2, -0.15) is 13.2 Å². The number of nitrogens with zero attached hydrogens (tertiary/aromatic N) is 2. The predicted molar refractivity (Wildman–Crippen MR) is 56.0 cm³/mol. The lowest BCUT2D eigenvalue weighted by atomic mass is 10.1. The first kappa shape index (κ1) is 14.3. The summed E-state index contributed by atoms with van der Waals surface area (Å²) in [6, 6.07) is -0.541. The van der Waals surface area contributed by atoms with Gasteiger partial charge in [-0.1, -0.05) is 6.58 Å². The third kappa shape index (κ3) is 2.93. The molecule has 1 heterocycles. The molecule has 5 nitrogen and oxygen atoms in total. The SMILES string of the molecule is C=C(C(=O)N1CCN(C(=O)O)[C@H](C)C1)C(F)(F)F. The van der Waals surface area contributed by atoms with Gasteiger partial charge < -0.3 is 14.9 Å². The summed E-state index contributed by atoms with van der Waals surface area (Å²) in [6.45, 7) is 4.13. The number of alkyl halides is 3. The molecule has 0 aromatic heterocycles. The van der Waals surface area contributed by atoms with E-state index in [2.05, 4.69) is 6.58 Å². The van der Waals surface area contributed by atoms with Crippen molar-refractivity contribution in [2.45, 2.75) is 19.1 Å². The van der Waals surface area contributed by atoms with Gasteiger partial charge in [-0.15, -0.1) is 0 Å². The summed E-state index contributed by atoms with van der Waals surface area (Å²) >= 11 is 0. The maximum absolute atomic E-state index is 12.3. The molecule has 1 aliphatic heterocycles. The number of carboxylic acid groups (broad SMARTS) is 1. The lowest BCUT2D eigenvalue weighted by Crippen LogP contribution is -2.55. The van der Waals surface area contributed by atoms with Crippen LogP contribution in [-0.4, -0.2) is 58.8 Å². The molecule has 0 radical (unpaired) electrons. The van der Waals surface area contributed by atoms with Crippen molar-refractivity contribution in [2.24, 2.45) is 0 Å². The van der Waals surface area contributed by atoms with E-state index < -0.39 is 29.8 Å². The zero-order valence-corrected chi connectivity index (χ0v) is 9.70. The molecule has 102 valence electrons. The Kier molecular flexibility index (Phi) is 3.88. The molecule has 0 bridgehead atoms. The summed E-state index contributed by atoms with van der Waals surface area (Å²) in [5, 5.41) is 8.80. The molecule has 0 aromatic rings. The van der Waals surface area contributed by atoms with E-state index in [9.17, 15) is 22.8 Å². The van der Waals surface area contributed by atoms with Gasteiger partial charge in [0.15, 0.2) is 0 Å². The molecule has 8 heteroatoms. The van der Waals surface area contributed by atoms with E-state index in [1.165, 1.54) is 6.92 Å². The van der Waals surface area contributed by atoms with E-state index >= 15 is 0 Å². The van der Waals surface area contributed by atoms with Gasteiger partial charge in [-0.25, -0.2) is 4.79 Å². The van der Waals surface area contributed by atoms with E-state index in [0.717, 1.165) is 9.80 Å². The van der Waals surface area contributed by atoms with Gasteiger partial charge in [0, 0.05) is 25.7 Å². The molecule has 1 saturated heterocycles. The highest BCUT2D eigenvalue weighted by Gasteiger charge is 2.40. The van der Waals surface area contributed by atoms with E-state index in [1.54, 1.807) is 0 Å². The predicted octanol–water partition coefficient (Wildman–Crippen LogP) is 1.32. The van der Waals surface area contributed by atoms with Gasteiger partial charge in [-0.05, 0) is 6.92 Å². The molecule has 0 saturated carbocycles. The summed E-state index contributed by atoms with van der Waals surface area (Å²) in [5.41, 5.74) is -1.43. The Morgan fingerprint density at radius 3 is 2.28 bits per heavy atom. The normalized spacial score (nSPS) is 20.8. The Labute approximate surface area is 101 Å². The number of carbonyl (C=O) groups excluding carboxylic acids is 1. The number of piperazine rings is 1. The number of halogens is 3. The van der Waals surface area contributed by atoms with Crippen LogP contribution >= 0.6 is 0 Å². The molecular formula is C10H13F3N2O3. The Hall–Kier alpha value is -1.73. The Bertz CT molecular complexity index is 381.